The second kappa shape index (κ2) is 6.41. The molecule has 1 saturated heterocycles. The maximum atomic E-state index is 6.22. The predicted octanol–water partition coefficient (Wildman–Crippen LogP) is 3.01. The van der Waals surface area contributed by atoms with Gasteiger partial charge in [0.05, 0.1) is 16.4 Å². The zero-order valence-electron chi connectivity index (χ0n) is 12.1. The zero-order chi connectivity index (χ0) is 14.7. The van der Waals surface area contributed by atoms with Crippen LogP contribution in [0, 0.1) is 0 Å². The molecule has 1 fully saturated rings. The average Bonchev–Trinajstić information content (AvgIpc) is 2.56. The van der Waals surface area contributed by atoms with Gasteiger partial charge in [-0.15, -0.1) is 0 Å². The van der Waals surface area contributed by atoms with Crippen molar-refractivity contribution in [2.24, 2.45) is 0 Å². The molecule has 110 valence electrons. The van der Waals surface area contributed by atoms with Crippen molar-refractivity contribution in [1.29, 1.82) is 0 Å². The molecule has 5 heteroatoms. The van der Waals surface area contributed by atoms with Crippen LogP contribution in [0.3, 0.4) is 0 Å². The zero-order valence-corrected chi connectivity index (χ0v) is 12.9. The van der Waals surface area contributed by atoms with Gasteiger partial charge in [0.15, 0.2) is 0 Å². The van der Waals surface area contributed by atoms with Gasteiger partial charge in [-0.25, -0.2) is 0 Å². The molecule has 2 aromatic heterocycles. The molecule has 2 aromatic rings. The molecule has 0 aliphatic carbocycles. The van der Waals surface area contributed by atoms with E-state index >= 15 is 0 Å². The summed E-state index contributed by atoms with van der Waals surface area (Å²) in [5.74, 6) is 0. The fourth-order valence-electron chi connectivity index (χ4n) is 2.78. The summed E-state index contributed by atoms with van der Waals surface area (Å²) in [7, 11) is 0. The third-order valence-corrected chi connectivity index (χ3v) is 4.36. The van der Waals surface area contributed by atoms with E-state index in [-0.39, 0.29) is 0 Å². The molecule has 0 unspecified atom stereocenters. The Morgan fingerprint density at radius 2 is 1.90 bits per heavy atom. The first kappa shape index (κ1) is 14.3. The van der Waals surface area contributed by atoms with Crippen LogP contribution in [0.2, 0.25) is 5.02 Å². The molecule has 0 bridgehead atoms. The first-order valence-electron chi connectivity index (χ1n) is 7.25. The van der Waals surface area contributed by atoms with E-state index in [0.29, 0.717) is 6.04 Å². The Morgan fingerprint density at radius 1 is 1.10 bits per heavy atom. The Hall–Kier alpha value is -1.65. The van der Waals surface area contributed by atoms with Gasteiger partial charge in [-0.1, -0.05) is 17.7 Å². The van der Waals surface area contributed by atoms with Crippen molar-refractivity contribution in [3.63, 3.8) is 0 Å². The molecule has 1 aliphatic rings. The van der Waals surface area contributed by atoms with E-state index in [9.17, 15) is 0 Å². The van der Waals surface area contributed by atoms with Crippen LogP contribution in [0.25, 0.3) is 0 Å². The quantitative estimate of drug-likeness (QED) is 0.872. The monoisotopic (exact) mass is 302 g/mol. The summed E-state index contributed by atoms with van der Waals surface area (Å²) in [6.45, 7) is 6.19. The molecule has 3 heterocycles. The number of nitrogens with zero attached hydrogens (tertiary/aromatic N) is 4. The second-order valence-corrected chi connectivity index (χ2v) is 5.69. The lowest BCUT2D eigenvalue weighted by Crippen LogP contribution is -2.47. The lowest BCUT2D eigenvalue weighted by atomic mass is 10.1. The van der Waals surface area contributed by atoms with Crippen LogP contribution in [-0.2, 0) is 0 Å². The molecule has 1 aliphatic heterocycles. The van der Waals surface area contributed by atoms with Gasteiger partial charge >= 0.3 is 0 Å². The molecule has 3 rings (SSSR count). The maximum absolute atomic E-state index is 6.22. The van der Waals surface area contributed by atoms with Crippen molar-refractivity contribution in [3.05, 3.63) is 53.6 Å². The summed E-state index contributed by atoms with van der Waals surface area (Å²) in [5, 5.41) is 0.726. The molecule has 4 nitrogen and oxygen atoms in total. The number of rotatable bonds is 3. The van der Waals surface area contributed by atoms with Gasteiger partial charge in [0, 0.05) is 50.8 Å². The first-order valence-corrected chi connectivity index (χ1v) is 7.63. The average molecular weight is 303 g/mol. The number of halogens is 1. The molecule has 0 N–H and O–H groups in total. The third kappa shape index (κ3) is 3.17. The minimum Gasteiger partial charge on any atom is -0.368 e. The van der Waals surface area contributed by atoms with Gasteiger partial charge in [-0.05, 0) is 25.1 Å². The number of aromatic nitrogens is 2. The van der Waals surface area contributed by atoms with Crippen molar-refractivity contribution < 1.29 is 0 Å². The molecule has 0 amide bonds. The highest BCUT2D eigenvalue weighted by Gasteiger charge is 2.23. The van der Waals surface area contributed by atoms with Crippen molar-refractivity contribution in [2.75, 3.05) is 31.1 Å². The number of hydrogen-bond donors (Lipinski definition) is 0. The van der Waals surface area contributed by atoms with Crippen LogP contribution in [0.4, 0.5) is 5.69 Å². The van der Waals surface area contributed by atoms with Gasteiger partial charge in [0.25, 0.3) is 0 Å². The number of anilines is 1. The number of piperazine rings is 1. The van der Waals surface area contributed by atoms with E-state index in [2.05, 4.69) is 32.8 Å². The molecular formula is C16H19ClN4. The molecule has 0 saturated carbocycles. The van der Waals surface area contributed by atoms with Crippen LogP contribution in [0.5, 0.6) is 0 Å². The summed E-state index contributed by atoms with van der Waals surface area (Å²) in [6.07, 6.45) is 5.36. The third-order valence-electron chi connectivity index (χ3n) is 4.07. The van der Waals surface area contributed by atoms with Gasteiger partial charge in [0.1, 0.15) is 0 Å². The molecule has 0 spiro atoms. The highest BCUT2D eigenvalue weighted by Crippen LogP contribution is 2.27. The van der Waals surface area contributed by atoms with Gasteiger partial charge in [0.2, 0.25) is 0 Å². The van der Waals surface area contributed by atoms with E-state index in [1.165, 1.54) is 0 Å². The van der Waals surface area contributed by atoms with Crippen molar-refractivity contribution in [1.82, 2.24) is 14.9 Å². The largest absolute Gasteiger partial charge is 0.368 e. The smallest absolute Gasteiger partial charge is 0.0822 e. The fraction of sp³-hybridized carbons (Fsp3) is 0.375. The fourth-order valence-corrected chi connectivity index (χ4v) is 3.02. The van der Waals surface area contributed by atoms with E-state index < -0.39 is 0 Å². The minimum atomic E-state index is 0.348. The van der Waals surface area contributed by atoms with Crippen molar-refractivity contribution >= 4 is 17.3 Å². The van der Waals surface area contributed by atoms with E-state index in [1.54, 1.807) is 12.4 Å². The normalized spacial score (nSPS) is 17.7. The number of pyridine rings is 2. The minimum absolute atomic E-state index is 0.348. The van der Waals surface area contributed by atoms with Gasteiger partial charge < -0.3 is 4.90 Å². The maximum Gasteiger partial charge on any atom is 0.0822 e. The lowest BCUT2D eigenvalue weighted by molar-refractivity contribution is 0.195. The van der Waals surface area contributed by atoms with Crippen LogP contribution in [0.15, 0.2) is 42.9 Å². The molecule has 0 aromatic carbocycles. The molecule has 21 heavy (non-hydrogen) atoms. The highest BCUT2D eigenvalue weighted by molar-refractivity contribution is 6.33. The SMILES string of the molecule is C[C@@H](c1ccccn1)N1CCN(c2ccncc2Cl)CC1. The topological polar surface area (TPSA) is 32.3 Å². The van der Waals surface area contributed by atoms with Crippen molar-refractivity contribution in [2.45, 2.75) is 13.0 Å². The second-order valence-electron chi connectivity index (χ2n) is 5.28. The van der Waals surface area contributed by atoms with Crippen LogP contribution in [-0.4, -0.2) is 41.0 Å². The molecule has 1 atom stereocenters. The lowest BCUT2D eigenvalue weighted by Gasteiger charge is -2.39. The van der Waals surface area contributed by atoms with Gasteiger partial charge in [-0.2, -0.15) is 0 Å². The summed E-state index contributed by atoms with van der Waals surface area (Å²) in [6, 6.07) is 8.43. The Balaban J connectivity index is 1.64. The van der Waals surface area contributed by atoms with E-state index in [0.717, 1.165) is 42.6 Å². The van der Waals surface area contributed by atoms with E-state index in [4.69, 9.17) is 11.6 Å². The first-order chi connectivity index (χ1) is 10.3. The van der Waals surface area contributed by atoms with Crippen LogP contribution < -0.4 is 4.90 Å². The van der Waals surface area contributed by atoms with Crippen molar-refractivity contribution in [3.8, 4) is 0 Å². The Bertz CT molecular complexity index is 582. The number of hydrogen-bond acceptors (Lipinski definition) is 4. The van der Waals surface area contributed by atoms with Crippen LogP contribution in [0.1, 0.15) is 18.7 Å². The summed E-state index contributed by atoms with van der Waals surface area (Å²) in [5.41, 5.74) is 2.21. The Labute approximate surface area is 130 Å². The Kier molecular flexibility index (Phi) is 4.36. The summed E-state index contributed by atoms with van der Waals surface area (Å²) in [4.78, 5) is 13.3. The van der Waals surface area contributed by atoms with E-state index in [1.807, 2.05) is 24.4 Å². The molecular weight excluding hydrogens is 284 g/mol. The highest BCUT2D eigenvalue weighted by atomic mass is 35.5. The van der Waals surface area contributed by atoms with Gasteiger partial charge in [-0.3, -0.25) is 14.9 Å². The standard InChI is InChI=1S/C16H19ClN4/c1-13(15-4-2-3-6-19-15)20-8-10-21(11-9-20)16-5-7-18-12-14(16)17/h2-7,12-13H,8-11H2,1H3/t13-/m0/s1. The predicted molar refractivity (Wildman–Crippen MR) is 85.7 cm³/mol. The summed E-state index contributed by atoms with van der Waals surface area (Å²) >= 11 is 6.22. The van der Waals surface area contributed by atoms with Crippen LogP contribution >= 0.6 is 11.6 Å². The summed E-state index contributed by atoms with van der Waals surface area (Å²) < 4.78 is 0. The molecule has 0 radical (unpaired) electrons. The Morgan fingerprint density at radius 3 is 2.57 bits per heavy atom.